The Bertz CT molecular complexity index is 1340. The number of rotatable bonds is 6. The molecule has 170 valence electrons. The molecule has 3 aromatic carbocycles. The fourth-order valence-electron chi connectivity index (χ4n) is 6.54. The second-order valence-corrected chi connectivity index (χ2v) is 10.3. The Morgan fingerprint density at radius 1 is 1.03 bits per heavy atom. The number of hydrogen-bond donors (Lipinski definition) is 2. The quantitative estimate of drug-likeness (QED) is 0.400. The van der Waals surface area contributed by atoms with Crippen molar-refractivity contribution in [2.45, 2.75) is 49.5 Å². The highest BCUT2D eigenvalue weighted by Gasteiger charge is 2.58. The SMILES string of the molecule is CN(CCc1c[nH]c2ccc(F)cc12)CC1(C2(O)CCCC2)Cc2cc3ccccc3cc21. The number of nitrogens with one attached hydrogen (secondary N) is 1. The number of benzene rings is 3. The molecule has 1 unspecified atom stereocenters. The van der Waals surface area contributed by atoms with Crippen LogP contribution < -0.4 is 0 Å². The molecule has 1 saturated carbocycles. The average molecular weight is 443 g/mol. The summed E-state index contributed by atoms with van der Waals surface area (Å²) in [6, 6.07) is 18.1. The molecule has 0 bridgehead atoms. The highest BCUT2D eigenvalue weighted by Crippen LogP contribution is 2.55. The number of halogens is 1. The number of aromatic nitrogens is 1. The minimum atomic E-state index is -0.638. The normalized spacial score (nSPS) is 21.6. The average Bonchev–Trinajstić information content (AvgIpc) is 3.42. The lowest BCUT2D eigenvalue weighted by Crippen LogP contribution is -2.62. The van der Waals surface area contributed by atoms with Crippen LogP contribution in [0.25, 0.3) is 21.7 Å². The molecule has 3 nitrogen and oxygen atoms in total. The van der Waals surface area contributed by atoms with Gasteiger partial charge in [0, 0.05) is 35.6 Å². The molecule has 1 aromatic heterocycles. The Morgan fingerprint density at radius 3 is 2.58 bits per heavy atom. The summed E-state index contributed by atoms with van der Waals surface area (Å²) in [7, 11) is 2.16. The molecular weight excluding hydrogens is 411 g/mol. The van der Waals surface area contributed by atoms with Gasteiger partial charge in [-0.25, -0.2) is 4.39 Å². The Morgan fingerprint density at radius 2 is 1.79 bits per heavy atom. The minimum Gasteiger partial charge on any atom is -0.389 e. The van der Waals surface area contributed by atoms with Crippen LogP contribution in [0, 0.1) is 5.82 Å². The van der Waals surface area contributed by atoms with E-state index < -0.39 is 5.60 Å². The standard InChI is InChI=1S/C29H31FN2O/c1-32(13-10-22-18-31-27-9-8-24(30)16-25(22)27)19-28(29(33)11-4-5-12-29)17-23-14-20-6-2-3-7-21(20)15-26(23)28/h2-3,6-9,14-16,18,31,33H,4-5,10-13,17,19H2,1H3. The van der Waals surface area contributed by atoms with E-state index in [1.807, 2.05) is 6.20 Å². The maximum atomic E-state index is 13.8. The summed E-state index contributed by atoms with van der Waals surface area (Å²) < 4.78 is 13.8. The van der Waals surface area contributed by atoms with Gasteiger partial charge >= 0.3 is 0 Å². The summed E-state index contributed by atoms with van der Waals surface area (Å²) in [6.07, 6.45) is 7.76. The number of nitrogens with zero attached hydrogens (tertiary/aromatic N) is 1. The van der Waals surface area contributed by atoms with Gasteiger partial charge in [-0.2, -0.15) is 0 Å². The van der Waals surface area contributed by atoms with Crippen LogP contribution in [0.5, 0.6) is 0 Å². The van der Waals surface area contributed by atoms with Crippen LogP contribution in [-0.2, 0) is 18.3 Å². The van der Waals surface area contributed by atoms with Crippen LogP contribution in [0.2, 0.25) is 0 Å². The molecule has 0 radical (unpaired) electrons. The Kier molecular flexibility index (Phi) is 4.86. The number of aliphatic hydroxyl groups is 1. The molecule has 0 spiro atoms. The maximum absolute atomic E-state index is 13.8. The van der Waals surface area contributed by atoms with Crippen LogP contribution in [0.15, 0.2) is 60.8 Å². The van der Waals surface area contributed by atoms with Gasteiger partial charge in [-0.15, -0.1) is 0 Å². The van der Waals surface area contributed by atoms with E-state index in [0.29, 0.717) is 0 Å². The number of likely N-dealkylation sites (N-methyl/N-ethyl adjacent to an activating group) is 1. The lowest BCUT2D eigenvalue weighted by molar-refractivity contribution is -0.0583. The van der Waals surface area contributed by atoms with E-state index in [9.17, 15) is 9.50 Å². The first-order valence-corrected chi connectivity index (χ1v) is 12.2. The van der Waals surface area contributed by atoms with Gasteiger partial charge in [0.25, 0.3) is 0 Å². The van der Waals surface area contributed by atoms with Crippen molar-refractivity contribution in [3.8, 4) is 0 Å². The third-order valence-electron chi connectivity index (χ3n) is 8.33. The third kappa shape index (κ3) is 3.31. The first-order valence-electron chi connectivity index (χ1n) is 12.2. The molecule has 1 atom stereocenters. The molecule has 2 N–H and O–H groups in total. The van der Waals surface area contributed by atoms with Crippen molar-refractivity contribution in [1.29, 1.82) is 0 Å². The number of fused-ring (bicyclic) bond motifs is 3. The zero-order valence-electron chi connectivity index (χ0n) is 19.2. The first kappa shape index (κ1) is 20.9. The van der Waals surface area contributed by atoms with Gasteiger partial charge < -0.3 is 15.0 Å². The number of hydrogen-bond acceptors (Lipinski definition) is 2. The van der Waals surface area contributed by atoms with E-state index >= 15 is 0 Å². The van der Waals surface area contributed by atoms with Gasteiger partial charge in [0.1, 0.15) is 5.82 Å². The van der Waals surface area contributed by atoms with E-state index in [0.717, 1.165) is 68.1 Å². The topological polar surface area (TPSA) is 39.3 Å². The van der Waals surface area contributed by atoms with Crippen molar-refractivity contribution in [2.75, 3.05) is 20.1 Å². The van der Waals surface area contributed by atoms with Gasteiger partial charge in [-0.05, 0) is 78.4 Å². The predicted octanol–water partition coefficient (Wildman–Crippen LogP) is 5.73. The van der Waals surface area contributed by atoms with E-state index in [-0.39, 0.29) is 11.2 Å². The van der Waals surface area contributed by atoms with Gasteiger partial charge in [-0.3, -0.25) is 0 Å². The van der Waals surface area contributed by atoms with Gasteiger partial charge in [0.05, 0.1) is 5.60 Å². The summed E-state index contributed by atoms with van der Waals surface area (Å²) >= 11 is 0. The van der Waals surface area contributed by atoms with Crippen molar-refractivity contribution in [3.63, 3.8) is 0 Å². The van der Waals surface area contributed by atoms with E-state index in [4.69, 9.17) is 0 Å². The number of H-pyrrole nitrogens is 1. The molecular formula is C29H31FN2O. The van der Waals surface area contributed by atoms with E-state index in [1.165, 1.54) is 28.0 Å². The highest BCUT2D eigenvalue weighted by molar-refractivity contribution is 5.86. The smallest absolute Gasteiger partial charge is 0.123 e. The van der Waals surface area contributed by atoms with Crippen LogP contribution in [0.1, 0.15) is 42.4 Å². The largest absolute Gasteiger partial charge is 0.389 e. The molecule has 0 aliphatic heterocycles. The zero-order chi connectivity index (χ0) is 22.6. The van der Waals surface area contributed by atoms with Crippen molar-refractivity contribution < 1.29 is 9.50 Å². The number of aromatic amines is 1. The van der Waals surface area contributed by atoms with Gasteiger partial charge in [0.15, 0.2) is 0 Å². The molecule has 4 heteroatoms. The summed E-state index contributed by atoms with van der Waals surface area (Å²) in [5, 5.41) is 15.4. The summed E-state index contributed by atoms with van der Waals surface area (Å²) in [5.41, 5.74) is 3.99. The molecule has 1 heterocycles. The van der Waals surface area contributed by atoms with Crippen molar-refractivity contribution in [1.82, 2.24) is 9.88 Å². The summed E-state index contributed by atoms with van der Waals surface area (Å²) in [6.45, 7) is 1.70. The van der Waals surface area contributed by atoms with Crippen molar-refractivity contribution in [2.24, 2.45) is 0 Å². The van der Waals surface area contributed by atoms with Crippen molar-refractivity contribution >= 4 is 21.7 Å². The maximum Gasteiger partial charge on any atom is 0.123 e. The Labute approximate surface area is 194 Å². The van der Waals surface area contributed by atoms with Crippen molar-refractivity contribution in [3.05, 3.63) is 83.3 Å². The Hall–Kier alpha value is -2.69. The Balaban J connectivity index is 1.28. The fourth-order valence-corrected chi connectivity index (χ4v) is 6.54. The molecule has 2 aliphatic carbocycles. The second-order valence-electron chi connectivity index (χ2n) is 10.3. The van der Waals surface area contributed by atoms with E-state index in [1.54, 1.807) is 12.1 Å². The molecule has 0 amide bonds. The lowest BCUT2D eigenvalue weighted by atomic mass is 9.54. The fraction of sp³-hybridized carbons (Fsp3) is 0.379. The monoisotopic (exact) mass is 442 g/mol. The van der Waals surface area contributed by atoms with Crippen LogP contribution in [0.3, 0.4) is 0 Å². The third-order valence-corrected chi connectivity index (χ3v) is 8.33. The summed E-state index contributed by atoms with van der Waals surface area (Å²) in [5.74, 6) is -0.197. The van der Waals surface area contributed by atoms with Gasteiger partial charge in [-0.1, -0.05) is 49.2 Å². The van der Waals surface area contributed by atoms with E-state index in [2.05, 4.69) is 53.3 Å². The predicted molar refractivity (Wildman–Crippen MR) is 132 cm³/mol. The first-order chi connectivity index (χ1) is 16.0. The molecule has 0 saturated heterocycles. The summed E-state index contributed by atoms with van der Waals surface area (Å²) in [4.78, 5) is 5.63. The van der Waals surface area contributed by atoms with Crippen LogP contribution >= 0.6 is 0 Å². The molecule has 2 aliphatic rings. The molecule has 4 aromatic rings. The van der Waals surface area contributed by atoms with Gasteiger partial charge in [0.2, 0.25) is 0 Å². The molecule has 33 heavy (non-hydrogen) atoms. The van der Waals surface area contributed by atoms with Crippen LogP contribution in [-0.4, -0.2) is 40.7 Å². The van der Waals surface area contributed by atoms with Crippen LogP contribution in [0.4, 0.5) is 4.39 Å². The second kappa shape index (κ2) is 7.68. The minimum absolute atomic E-state index is 0.197. The lowest BCUT2D eigenvalue weighted by Gasteiger charge is -2.55. The highest BCUT2D eigenvalue weighted by atomic mass is 19.1. The zero-order valence-corrected chi connectivity index (χ0v) is 19.2. The molecule has 6 rings (SSSR count). The molecule has 1 fully saturated rings.